The fraction of sp³-hybridized carbons (Fsp3) is 0.0667. The SMILES string of the molecule is O=C(NCc1ccc(F)c(Cl)c1)c1cc(C(=O)O)n2ncc(Cl)c2n1. The van der Waals surface area contributed by atoms with Gasteiger partial charge in [-0.3, -0.25) is 4.79 Å². The predicted molar refractivity (Wildman–Crippen MR) is 87.5 cm³/mol. The second kappa shape index (κ2) is 6.66. The van der Waals surface area contributed by atoms with Gasteiger partial charge in [0.1, 0.15) is 16.5 Å². The molecule has 1 amide bonds. The average Bonchev–Trinajstić information content (AvgIpc) is 2.96. The van der Waals surface area contributed by atoms with Crippen LogP contribution < -0.4 is 5.32 Å². The van der Waals surface area contributed by atoms with Crippen molar-refractivity contribution in [1.82, 2.24) is 19.9 Å². The monoisotopic (exact) mass is 382 g/mol. The highest BCUT2D eigenvalue weighted by Gasteiger charge is 2.18. The summed E-state index contributed by atoms with van der Waals surface area (Å²) in [5, 5.41) is 15.7. The number of halogens is 3. The van der Waals surface area contributed by atoms with Crippen LogP contribution in [-0.2, 0) is 6.54 Å². The van der Waals surface area contributed by atoms with Crippen LogP contribution in [0, 0.1) is 5.82 Å². The summed E-state index contributed by atoms with van der Waals surface area (Å²) in [4.78, 5) is 27.6. The third kappa shape index (κ3) is 3.40. The molecule has 0 spiro atoms. The molecule has 2 heterocycles. The molecule has 10 heteroatoms. The van der Waals surface area contributed by atoms with Crippen LogP contribution in [0.5, 0.6) is 0 Å². The topological polar surface area (TPSA) is 96.6 Å². The van der Waals surface area contributed by atoms with E-state index in [1.54, 1.807) is 0 Å². The Hall–Kier alpha value is -2.71. The van der Waals surface area contributed by atoms with E-state index in [9.17, 15) is 19.1 Å². The number of fused-ring (bicyclic) bond motifs is 1. The number of carbonyl (C=O) groups is 2. The van der Waals surface area contributed by atoms with Gasteiger partial charge in [0, 0.05) is 12.6 Å². The van der Waals surface area contributed by atoms with Gasteiger partial charge in [-0.05, 0) is 17.7 Å². The molecule has 0 radical (unpaired) electrons. The normalized spacial score (nSPS) is 10.8. The molecular formula is C15H9Cl2FN4O3. The smallest absolute Gasteiger partial charge is 0.354 e. The van der Waals surface area contributed by atoms with Crippen molar-refractivity contribution in [3.8, 4) is 0 Å². The largest absolute Gasteiger partial charge is 0.477 e. The van der Waals surface area contributed by atoms with Crippen LogP contribution in [0.25, 0.3) is 5.65 Å². The minimum Gasteiger partial charge on any atom is -0.477 e. The van der Waals surface area contributed by atoms with E-state index in [1.165, 1.54) is 24.4 Å². The quantitative estimate of drug-likeness (QED) is 0.722. The first-order chi connectivity index (χ1) is 11.9. The highest BCUT2D eigenvalue weighted by molar-refractivity contribution is 6.33. The number of nitrogens with one attached hydrogen (secondary N) is 1. The molecule has 3 aromatic rings. The maximum absolute atomic E-state index is 13.1. The molecule has 3 rings (SSSR count). The predicted octanol–water partition coefficient (Wildman–Crippen LogP) is 2.80. The maximum atomic E-state index is 13.1. The molecule has 0 aliphatic heterocycles. The van der Waals surface area contributed by atoms with E-state index < -0.39 is 17.7 Å². The molecule has 0 fully saturated rings. The van der Waals surface area contributed by atoms with Crippen LogP contribution in [0.2, 0.25) is 10.0 Å². The minimum absolute atomic E-state index is 0.0524. The molecule has 0 aliphatic carbocycles. The van der Waals surface area contributed by atoms with E-state index in [2.05, 4.69) is 15.4 Å². The van der Waals surface area contributed by atoms with Crippen molar-refractivity contribution in [1.29, 1.82) is 0 Å². The second-order valence-corrected chi connectivity index (χ2v) is 5.81. The van der Waals surface area contributed by atoms with E-state index in [1.807, 2.05) is 0 Å². The molecule has 0 saturated carbocycles. The average molecular weight is 383 g/mol. The van der Waals surface area contributed by atoms with Crippen LogP contribution in [0.3, 0.4) is 0 Å². The molecule has 2 aromatic heterocycles. The highest BCUT2D eigenvalue weighted by Crippen LogP contribution is 2.18. The Balaban J connectivity index is 1.87. The third-order valence-electron chi connectivity index (χ3n) is 3.32. The van der Waals surface area contributed by atoms with E-state index in [-0.39, 0.29) is 33.6 Å². The summed E-state index contributed by atoms with van der Waals surface area (Å²) in [5.74, 6) is -2.47. The fourth-order valence-corrected chi connectivity index (χ4v) is 2.50. The number of rotatable bonds is 4. The summed E-state index contributed by atoms with van der Waals surface area (Å²) >= 11 is 11.6. The number of hydrogen-bond donors (Lipinski definition) is 2. The van der Waals surface area contributed by atoms with Crippen molar-refractivity contribution in [2.75, 3.05) is 0 Å². The zero-order chi connectivity index (χ0) is 18.1. The van der Waals surface area contributed by atoms with E-state index in [0.29, 0.717) is 5.56 Å². The van der Waals surface area contributed by atoms with Gasteiger partial charge >= 0.3 is 5.97 Å². The van der Waals surface area contributed by atoms with Crippen molar-refractivity contribution >= 4 is 40.7 Å². The Morgan fingerprint density at radius 1 is 1.24 bits per heavy atom. The van der Waals surface area contributed by atoms with Gasteiger partial charge in [0.15, 0.2) is 11.3 Å². The van der Waals surface area contributed by atoms with E-state index >= 15 is 0 Å². The summed E-state index contributed by atoms with van der Waals surface area (Å²) < 4.78 is 14.2. The lowest BCUT2D eigenvalue weighted by molar-refractivity contribution is 0.0687. The van der Waals surface area contributed by atoms with Crippen molar-refractivity contribution in [2.24, 2.45) is 0 Å². The molecule has 2 N–H and O–H groups in total. The number of carboxylic acids is 1. The van der Waals surface area contributed by atoms with Crippen molar-refractivity contribution < 1.29 is 19.1 Å². The first-order valence-corrected chi connectivity index (χ1v) is 7.62. The van der Waals surface area contributed by atoms with Gasteiger partial charge in [0.2, 0.25) is 0 Å². The highest BCUT2D eigenvalue weighted by atomic mass is 35.5. The van der Waals surface area contributed by atoms with Crippen molar-refractivity contribution in [3.63, 3.8) is 0 Å². The zero-order valence-electron chi connectivity index (χ0n) is 12.3. The van der Waals surface area contributed by atoms with Crippen LogP contribution >= 0.6 is 23.2 Å². The molecule has 0 unspecified atom stereocenters. The molecule has 25 heavy (non-hydrogen) atoms. The Morgan fingerprint density at radius 3 is 2.68 bits per heavy atom. The summed E-state index contributed by atoms with van der Waals surface area (Å²) in [6.07, 6.45) is 1.23. The Bertz CT molecular complexity index is 1010. The molecule has 0 saturated heterocycles. The summed E-state index contributed by atoms with van der Waals surface area (Å²) in [6, 6.07) is 5.12. The van der Waals surface area contributed by atoms with Crippen molar-refractivity contribution in [3.05, 3.63) is 63.3 Å². The number of carboxylic acid groups (broad SMARTS) is 1. The Kier molecular flexibility index (Phi) is 4.56. The van der Waals surface area contributed by atoms with Gasteiger partial charge in [0.25, 0.3) is 5.91 Å². The van der Waals surface area contributed by atoms with Crippen LogP contribution in [0.4, 0.5) is 4.39 Å². The lowest BCUT2D eigenvalue weighted by atomic mass is 10.2. The molecule has 128 valence electrons. The van der Waals surface area contributed by atoms with Gasteiger partial charge in [-0.2, -0.15) is 5.10 Å². The molecule has 0 bridgehead atoms. The number of amides is 1. The number of nitrogens with zero attached hydrogens (tertiary/aromatic N) is 3. The third-order valence-corrected chi connectivity index (χ3v) is 3.87. The number of carbonyl (C=O) groups excluding carboxylic acids is 1. The number of benzene rings is 1. The first kappa shape index (κ1) is 17.1. The number of aromatic carboxylic acids is 1. The molecule has 0 aliphatic rings. The zero-order valence-corrected chi connectivity index (χ0v) is 13.8. The van der Waals surface area contributed by atoms with Crippen LogP contribution in [0.1, 0.15) is 26.5 Å². The van der Waals surface area contributed by atoms with Crippen LogP contribution in [0.15, 0.2) is 30.5 Å². The molecular weight excluding hydrogens is 374 g/mol. The second-order valence-electron chi connectivity index (χ2n) is 4.99. The maximum Gasteiger partial charge on any atom is 0.354 e. The first-order valence-electron chi connectivity index (χ1n) is 6.86. The lowest BCUT2D eigenvalue weighted by Gasteiger charge is -2.07. The standard InChI is InChI=1S/C15H9Cl2FN4O3/c16-8-3-7(1-2-10(8)18)5-19-14(23)11-4-12(15(24)25)22-13(21-11)9(17)6-20-22/h1-4,6H,5H2,(H,19,23)(H,24,25). The molecule has 1 aromatic carbocycles. The van der Waals surface area contributed by atoms with Crippen molar-refractivity contribution in [2.45, 2.75) is 6.54 Å². The molecule has 0 atom stereocenters. The summed E-state index contributed by atoms with van der Waals surface area (Å²) in [5.41, 5.74) is 0.227. The van der Waals surface area contributed by atoms with E-state index in [4.69, 9.17) is 23.2 Å². The van der Waals surface area contributed by atoms with Crippen LogP contribution in [-0.4, -0.2) is 31.6 Å². The van der Waals surface area contributed by atoms with Gasteiger partial charge in [-0.1, -0.05) is 29.3 Å². The lowest BCUT2D eigenvalue weighted by Crippen LogP contribution is -2.25. The van der Waals surface area contributed by atoms with E-state index in [0.717, 1.165) is 10.6 Å². The van der Waals surface area contributed by atoms with Gasteiger partial charge in [-0.15, -0.1) is 0 Å². The minimum atomic E-state index is -1.29. The van der Waals surface area contributed by atoms with Gasteiger partial charge in [0.05, 0.1) is 11.2 Å². The molecule has 7 nitrogen and oxygen atoms in total. The number of hydrogen-bond acceptors (Lipinski definition) is 4. The van der Waals surface area contributed by atoms with Gasteiger partial charge in [-0.25, -0.2) is 18.7 Å². The number of aromatic nitrogens is 3. The van der Waals surface area contributed by atoms with Gasteiger partial charge < -0.3 is 10.4 Å². The fourth-order valence-electron chi connectivity index (χ4n) is 2.13. The summed E-state index contributed by atoms with van der Waals surface area (Å²) in [6.45, 7) is 0.0566. The summed E-state index contributed by atoms with van der Waals surface area (Å²) in [7, 11) is 0. The Morgan fingerprint density at radius 2 is 2.00 bits per heavy atom. The Labute approximate surface area is 150 Å².